The largest absolute Gasteiger partial charge is 0.478 e. The number of hydrogen-bond donors (Lipinski definition) is 4. The molecule has 0 aliphatic rings. The summed E-state index contributed by atoms with van der Waals surface area (Å²) in [6, 6.07) is 13.9. The molecule has 0 bridgehead atoms. The van der Waals surface area contributed by atoms with E-state index in [0.717, 1.165) is 11.3 Å². The molecule has 0 heterocycles. The third-order valence-corrected chi connectivity index (χ3v) is 3.01. The van der Waals surface area contributed by atoms with Gasteiger partial charge in [0.2, 0.25) is 0 Å². The van der Waals surface area contributed by atoms with Gasteiger partial charge in [-0.3, -0.25) is 0 Å². The lowest BCUT2D eigenvalue weighted by molar-refractivity contribution is 0.0697. The number of hydrogen-bond acceptors (Lipinski definition) is 4. The van der Waals surface area contributed by atoms with Gasteiger partial charge in [0.25, 0.3) is 0 Å². The van der Waals surface area contributed by atoms with E-state index >= 15 is 0 Å². The number of nitrogens with one attached hydrogen (secondary N) is 2. The van der Waals surface area contributed by atoms with E-state index < -0.39 is 5.97 Å². The second-order valence-corrected chi connectivity index (χ2v) is 4.52. The smallest absolute Gasteiger partial charge is 0.335 e. The number of carbonyl (C=O) groups is 1. The number of benzene rings is 2. The molecule has 0 aromatic heterocycles. The maximum atomic E-state index is 10.9. The summed E-state index contributed by atoms with van der Waals surface area (Å²) in [5.41, 5.74) is 14.9. The molecular formula is C15H15N5O2. The first-order valence-electron chi connectivity index (χ1n) is 6.46. The van der Waals surface area contributed by atoms with Crippen molar-refractivity contribution in [3.63, 3.8) is 0 Å². The second-order valence-electron chi connectivity index (χ2n) is 4.52. The quantitative estimate of drug-likeness (QED) is 0.283. The molecule has 7 heteroatoms. The minimum absolute atomic E-state index is 0.177. The van der Waals surface area contributed by atoms with E-state index in [1.54, 1.807) is 30.3 Å². The van der Waals surface area contributed by atoms with E-state index in [0.29, 0.717) is 12.1 Å². The molecule has 0 saturated carbocycles. The van der Waals surface area contributed by atoms with Crippen LogP contribution in [0, 0.1) is 5.53 Å². The highest BCUT2D eigenvalue weighted by molar-refractivity contribution is 5.97. The molecule has 0 aliphatic carbocycles. The van der Waals surface area contributed by atoms with Gasteiger partial charge in [-0.05, 0) is 42.0 Å². The zero-order chi connectivity index (χ0) is 15.9. The lowest BCUT2D eigenvalue weighted by Gasteiger charge is -2.08. The predicted octanol–water partition coefficient (Wildman–Crippen LogP) is 2.65. The van der Waals surface area contributed by atoms with Crippen LogP contribution in [0.5, 0.6) is 0 Å². The van der Waals surface area contributed by atoms with Gasteiger partial charge in [0.1, 0.15) is 0 Å². The van der Waals surface area contributed by atoms with Gasteiger partial charge in [0, 0.05) is 17.8 Å². The lowest BCUT2D eigenvalue weighted by Crippen LogP contribution is -2.12. The van der Waals surface area contributed by atoms with Crippen molar-refractivity contribution >= 4 is 17.5 Å². The molecule has 0 amide bonds. The first-order valence-corrected chi connectivity index (χ1v) is 6.46. The number of nitrogens with zero attached hydrogens (tertiary/aromatic N) is 2. The summed E-state index contributed by atoms with van der Waals surface area (Å²) in [7, 11) is 0. The van der Waals surface area contributed by atoms with Crippen LogP contribution in [0.4, 0.5) is 5.69 Å². The molecule has 0 unspecified atom stereocenters. The summed E-state index contributed by atoms with van der Waals surface area (Å²) < 4.78 is 0. The standard InChI is InChI=1S/C15H15N5O2/c16-14(19-20-17)11-4-6-13(7-5-11)18-9-10-2-1-3-12(8-10)15(21)22/h1-8,18H,9H2,(H,21,22)(H3,16,17,19). The highest BCUT2D eigenvalue weighted by atomic mass is 16.4. The molecule has 2 aromatic rings. The zero-order valence-electron chi connectivity index (χ0n) is 11.7. The Kier molecular flexibility index (Phi) is 4.81. The topological polar surface area (TPSA) is 124 Å². The Labute approximate surface area is 127 Å². The third-order valence-electron chi connectivity index (χ3n) is 3.01. The monoisotopic (exact) mass is 297 g/mol. The van der Waals surface area contributed by atoms with Gasteiger partial charge >= 0.3 is 5.97 Å². The maximum Gasteiger partial charge on any atom is 0.335 e. The highest BCUT2D eigenvalue weighted by Gasteiger charge is 2.03. The fourth-order valence-corrected chi connectivity index (χ4v) is 1.89. The van der Waals surface area contributed by atoms with E-state index in [1.165, 1.54) is 0 Å². The van der Waals surface area contributed by atoms with Crippen molar-refractivity contribution in [1.82, 2.24) is 0 Å². The van der Waals surface area contributed by atoms with Gasteiger partial charge in [-0.2, -0.15) is 5.53 Å². The van der Waals surface area contributed by atoms with Gasteiger partial charge in [-0.25, -0.2) is 4.79 Å². The third kappa shape index (κ3) is 3.89. The first-order chi connectivity index (χ1) is 10.6. The average Bonchev–Trinajstić information content (AvgIpc) is 2.54. The zero-order valence-corrected chi connectivity index (χ0v) is 11.7. The Bertz CT molecular complexity index is 710. The van der Waals surface area contributed by atoms with E-state index in [-0.39, 0.29) is 11.4 Å². The normalized spacial score (nSPS) is 11.0. The fourth-order valence-electron chi connectivity index (χ4n) is 1.89. The summed E-state index contributed by atoms with van der Waals surface area (Å²) in [5, 5.41) is 18.5. The maximum absolute atomic E-state index is 10.9. The number of carboxylic acids is 1. The summed E-state index contributed by atoms with van der Waals surface area (Å²) >= 11 is 0. The number of carboxylic acid groups (broad SMARTS) is 1. The number of nitrogens with two attached hydrogens (primary N) is 1. The van der Waals surface area contributed by atoms with Crippen molar-refractivity contribution in [3.8, 4) is 0 Å². The number of rotatable bonds is 6. The van der Waals surface area contributed by atoms with Gasteiger partial charge in [0.15, 0.2) is 5.84 Å². The SMILES string of the molecule is N=NN=C(N)c1ccc(NCc2cccc(C(=O)O)c2)cc1. The van der Waals surface area contributed by atoms with Gasteiger partial charge in [-0.1, -0.05) is 17.4 Å². The van der Waals surface area contributed by atoms with Crippen LogP contribution in [0.1, 0.15) is 21.5 Å². The number of amidine groups is 1. The first kappa shape index (κ1) is 15.2. The van der Waals surface area contributed by atoms with Crippen molar-refractivity contribution in [3.05, 3.63) is 65.2 Å². The van der Waals surface area contributed by atoms with Crippen molar-refractivity contribution in [1.29, 1.82) is 5.53 Å². The van der Waals surface area contributed by atoms with Crippen LogP contribution in [0.2, 0.25) is 0 Å². The Morgan fingerprint density at radius 1 is 1.18 bits per heavy atom. The molecule has 0 spiro atoms. The van der Waals surface area contributed by atoms with Crippen LogP contribution in [-0.4, -0.2) is 16.9 Å². The number of anilines is 1. The summed E-state index contributed by atoms with van der Waals surface area (Å²) in [6.07, 6.45) is 0. The minimum Gasteiger partial charge on any atom is -0.478 e. The number of aromatic carboxylic acids is 1. The minimum atomic E-state index is -0.944. The fraction of sp³-hybridized carbons (Fsp3) is 0.0667. The molecule has 2 rings (SSSR count). The summed E-state index contributed by atoms with van der Waals surface area (Å²) in [5.74, 6) is -0.767. The Morgan fingerprint density at radius 2 is 1.91 bits per heavy atom. The summed E-state index contributed by atoms with van der Waals surface area (Å²) in [6.45, 7) is 0.506. The molecule has 5 N–H and O–H groups in total. The van der Waals surface area contributed by atoms with Crippen LogP contribution < -0.4 is 11.1 Å². The van der Waals surface area contributed by atoms with Crippen molar-refractivity contribution in [2.24, 2.45) is 16.1 Å². The van der Waals surface area contributed by atoms with E-state index in [2.05, 4.69) is 15.6 Å². The van der Waals surface area contributed by atoms with E-state index in [9.17, 15) is 4.79 Å². The molecule has 0 fully saturated rings. The average molecular weight is 297 g/mol. The second kappa shape index (κ2) is 6.98. The van der Waals surface area contributed by atoms with E-state index in [1.807, 2.05) is 18.2 Å². The Morgan fingerprint density at radius 3 is 2.55 bits per heavy atom. The lowest BCUT2D eigenvalue weighted by atomic mass is 10.1. The van der Waals surface area contributed by atoms with Crippen molar-refractivity contribution < 1.29 is 9.90 Å². The van der Waals surface area contributed by atoms with Crippen LogP contribution in [-0.2, 0) is 6.54 Å². The molecule has 112 valence electrons. The summed E-state index contributed by atoms with van der Waals surface area (Å²) in [4.78, 5) is 10.9. The molecular weight excluding hydrogens is 282 g/mol. The highest BCUT2D eigenvalue weighted by Crippen LogP contribution is 2.12. The molecule has 0 saturated heterocycles. The van der Waals surface area contributed by atoms with E-state index in [4.69, 9.17) is 16.4 Å². The Hall–Kier alpha value is -3.22. The van der Waals surface area contributed by atoms with Gasteiger partial charge < -0.3 is 16.2 Å². The molecule has 0 atom stereocenters. The van der Waals surface area contributed by atoms with Crippen LogP contribution >= 0.6 is 0 Å². The van der Waals surface area contributed by atoms with Crippen molar-refractivity contribution in [2.45, 2.75) is 6.54 Å². The van der Waals surface area contributed by atoms with Gasteiger partial charge in [0.05, 0.1) is 5.56 Å². The van der Waals surface area contributed by atoms with Crippen LogP contribution in [0.15, 0.2) is 58.9 Å². The molecule has 0 radical (unpaired) electrons. The molecule has 0 aliphatic heterocycles. The van der Waals surface area contributed by atoms with Crippen LogP contribution in [0.3, 0.4) is 0 Å². The molecule has 7 nitrogen and oxygen atoms in total. The van der Waals surface area contributed by atoms with Gasteiger partial charge in [-0.15, -0.1) is 5.10 Å². The molecule has 2 aromatic carbocycles. The Balaban J connectivity index is 2.03. The van der Waals surface area contributed by atoms with Crippen molar-refractivity contribution in [2.75, 3.05) is 5.32 Å². The predicted molar refractivity (Wildman–Crippen MR) is 83.0 cm³/mol. The van der Waals surface area contributed by atoms with Crippen LogP contribution in [0.25, 0.3) is 0 Å². The molecule has 22 heavy (non-hydrogen) atoms.